The Morgan fingerprint density at radius 3 is 2.59 bits per heavy atom. The minimum absolute atomic E-state index is 0.119. The second-order valence-electron chi connectivity index (χ2n) is 8.57. The van der Waals surface area contributed by atoms with Crippen LogP contribution < -0.4 is 4.74 Å². The summed E-state index contributed by atoms with van der Waals surface area (Å²) in [5.74, 6) is 0.943. The van der Waals surface area contributed by atoms with E-state index in [1.54, 1.807) is 17.3 Å². The number of carbonyl (C=O) groups excluding carboxylic acids is 1. The number of carbonyl (C=O) groups is 1. The maximum Gasteiger partial charge on any atom is 0.235 e. The molecule has 3 aromatic rings. The summed E-state index contributed by atoms with van der Waals surface area (Å²) in [5, 5.41) is 0. The molecule has 1 aliphatic rings. The molecule has 6 nitrogen and oxygen atoms in total. The average Bonchev–Trinajstić information content (AvgIpc) is 2.84. The summed E-state index contributed by atoms with van der Waals surface area (Å²) >= 11 is 0. The Kier molecular flexibility index (Phi) is 6.81. The maximum atomic E-state index is 13.3. The van der Waals surface area contributed by atoms with Gasteiger partial charge in [0.15, 0.2) is 0 Å². The third-order valence-electron chi connectivity index (χ3n) is 5.96. The number of pyridine rings is 2. The lowest BCUT2D eigenvalue weighted by Crippen LogP contribution is -2.54. The zero-order valence-corrected chi connectivity index (χ0v) is 18.8. The van der Waals surface area contributed by atoms with Gasteiger partial charge in [-0.05, 0) is 61.3 Å². The lowest BCUT2D eigenvalue weighted by Gasteiger charge is -2.42. The molecule has 2 aromatic heterocycles. The van der Waals surface area contributed by atoms with Gasteiger partial charge < -0.3 is 9.64 Å². The van der Waals surface area contributed by atoms with E-state index in [4.69, 9.17) is 4.74 Å². The fourth-order valence-electron chi connectivity index (χ4n) is 4.48. The molecule has 1 fully saturated rings. The zero-order valence-electron chi connectivity index (χ0n) is 18.8. The van der Waals surface area contributed by atoms with Gasteiger partial charge in [-0.1, -0.05) is 24.3 Å². The molecule has 4 rings (SSSR count). The minimum Gasteiger partial charge on any atom is -0.487 e. The van der Waals surface area contributed by atoms with Crippen LogP contribution in [0.4, 0.5) is 0 Å². The van der Waals surface area contributed by atoms with Gasteiger partial charge in [0.2, 0.25) is 5.91 Å². The normalized spacial score (nSPS) is 18.8. The second kappa shape index (κ2) is 9.92. The van der Waals surface area contributed by atoms with Crippen molar-refractivity contribution < 1.29 is 9.53 Å². The van der Waals surface area contributed by atoms with Gasteiger partial charge in [0.05, 0.1) is 11.4 Å². The third-order valence-corrected chi connectivity index (χ3v) is 5.96. The van der Waals surface area contributed by atoms with Gasteiger partial charge in [0.25, 0.3) is 0 Å². The number of aromatic nitrogens is 2. The topological polar surface area (TPSA) is 58.6 Å². The molecular formula is C26H30N4O2. The molecule has 6 heteroatoms. The molecule has 3 heterocycles. The van der Waals surface area contributed by atoms with Crippen molar-refractivity contribution in [2.45, 2.75) is 31.4 Å². The fraction of sp³-hybridized carbons (Fsp3) is 0.346. The largest absolute Gasteiger partial charge is 0.487 e. The van der Waals surface area contributed by atoms with Crippen LogP contribution in [-0.4, -0.2) is 52.9 Å². The van der Waals surface area contributed by atoms with E-state index in [2.05, 4.69) is 27.0 Å². The standard InChI is InChI=1S/C26H30N4O2/c1-29(2)25(31)26(24-12-4-6-15-28-24)13-8-16-30(20-26)18-21-9-7-11-23(17-21)32-19-22-10-3-5-14-27-22/h3-7,9-12,14-15,17H,8,13,16,18-20H2,1-2H3/t26-/m1/s1. The van der Waals surface area contributed by atoms with Crippen molar-refractivity contribution >= 4 is 5.91 Å². The van der Waals surface area contributed by atoms with E-state index < -0.39 is 5.41 Å². The molecule has 166 valence electrons. The van der Waals surface area contributed by atoms with Crippen molar-refractivity contribution in [3.8, 4) is 5.75 Å². The molecule has 0 saturated carbocycles. The SMILES string of the molecule is CN(C)C(=O)[C@]1(c2ccccn2)CCCN(Cc2cccc(OCc3ccccn3)c2)C1. The van der Waals surface area contributed by atoms with Crippen LogP contribution in [0.1, 0.15) is 29.8 Å². The highest BCUT2D eigenvalue weighted by Gasteiger charge is 2.45. The Balaban J connectivity index is 1.49. The van der Waals surface area contributed by atoms with Crippen LogP contribution in [0.3, 0.4) is 0 Å². The number of benzene rings is 1. The van der Waals surface area contributed by atoms with Gasteiger partial charge in [-0.3, -0.25) is 19.7 Å². The van der Waals surface area contributed by atoms with E-state index in [-0.39, 0.29) is 5.91 Å². The van der Waals surface area contributed by atoms with Gasteiger partial charge in [-0.2, -0.15) is 0 Å². The zero-order chi connectivity index (χ0) is 22.4. The van der Waals surface area contributed by atoms with Gasteiger partial charge in [-0.15, -0.1) is 0 Å². The Labute approximate surface area is 189 Å². The predicted molar refractivity (Wildman–Crippen MR) is 124 cm³/mol. The van der Waals surface area contributed by atoms with E-state index in [0.717, 1.165) is 48.6 Å². The second-order valence-corrected chi connectivity index (χ2v) is 8.57. The molecule has 0 bridgehead atoms. The van der Waals surface area contributed by atoms with Crippen molar-refractivity contribution in [2.75, 3.05) is 27.2 Å². The number of likely N-dealkylation sites (N-methyl/N-ethyl adjacent to an activating group) is 1. The summed E-state index contributed by atoms with van der Waals surface area (Å²) in [4.78, 5) is 26.3. The van der Waals surface area contributed by atoms with Crippen LogP contribution in [0.25, 0.3) is 0 Å². The number of nitrogens with zero attached hydrogens (tertiary/aromatic N) is 4. The Hall–Kier alpha value is -3.25. The lowest BCUT2D eigenvalue weighted by atomic mass is 9.75. The van der Waals surface area contributed by atoms with Crippen LogP contribution in [0.5, 0.6) is 5.75 Å². The van der Waals surface area contributed by atoms with E-state index in [1.807, 2.05) is 62.6 Å². The lowest BCUT2D eigenvalue weighted by molar-refractivity contribution is -0.137. The quantitative estimate of drug-likeness (QED) is 0.572. The van der Waals surface area contributed by atoms with Crippen LogP contribution in [0.2, 0.25) is 0 Å². The molecule has 32 heavy (non-hydrogen) atoms. The van der Waals surface area contributed by atoms with Crippen LogP contribution >= 0.6 is 0 Å². The number of hydrogen-bond donors (Lipinski definition) is 0. The van der Waals surface area contributed by atoms with Crippen molar-refractivity contribution in [1.29, 1.82) is 0 Å². The van der Waals surface area contributed by atoms with Gasteiger partial charge in [-0.25, -0.2) is 0 Å². The van der Waals surface area contributed by atoms with Crippen molar-refractivity contribution in [2.24, 2.45) is 0 Å². The molecule has 0 unspecified atom stereocenters. The smallest absolute Gasteiger partial charge is 0.235 e. The maximum absolute atomic E-state index is 13.3. The molecule has 1 amide bonds. The molecule has 0 spiro atoms. The van der Waals surface area contributed by atoms with Crippen LogP contribution in [0.15, 0.2) is 73.1 Å². The first-order valence-electron chi connectivity index (χ1n) is 11.0. The summed E-state index contributed by atoms with van der Waals surface area (Å²) in [7, 11) is 3.66. The van der Waals surface area contributed by atoms with Gasteiger partial charge >= 0.3 is 0 Å². The summed E-state index contributed by atoms with van der Waals surface area (Å²) in [5.41, 5.74) is 2.31. The first-order chi connectivity index (χ1) is 15.6. The molecule has 0 aliphatic carbocycles. The van der Waals surface area contributed by atoms with Crippen molar-refractivity contribution in [1.82, 2.24) is 19.8 Å². The number of ether oxygens (including phenoxy) is 1. The van der Waals surface area contributed by atoms with Gasteiger partial charge in [0, 0.05) is 39.6 Å². The molecule has 0 radical (unpaired) electrons. The summed E-state index contributed by atoms with van der Waals surface area (Å²) in [6.45, 7) is 2.80. The Morgan fingerprint density at radius 1 is 1.06 bits per heavy atom. The fourth-order valence-corrected chi connectivity index (χ4v) is 4.48. The Bertz CT molecular complexity index is 1030. The van der Waals surface area contributed by atoms with E-state index in [9.17, 15) is 4.79 Å². The highest BCUT2D eigenvalue weighted by molar-refractivity contribution is 5.88. The average molecular weight is 431 g/mol. The Morgan fingerprint density at radius 2 is 1.88 bits per heavy atom. The molecule has 1 aromatic carbocycles. The molecule has 1 saturated heterocycles. The minimum atomic E-state index is -0.615. The number of hydrogen-bond acceptors (Lipinski definition) is 5. The first kappa shape index (κ1) is 22.0. The highest BCUT2D eigenvalue weighted by atomic mass is 16.5. The monoisotopic (exact) mass is 430 g/mol. The van der Waals surface area contributed by atoms with Crippen molar-refractivity contribution in [3.05, 3.63) is 90.0 Å². The van der Waals surface area contributed by atoms with Crippen molar-refractivity contribution in [3.63, 3.8) is 0 Å². The van der Waals surface area contributed by atoms with Crippen LogP contribution in [-0.2, 0) is 23.4 Å². The first-order valence-corrected chi connectivity index (χ1v) is 11.0. The molecule has 0 N–H and O–H groups in total. The number of piperidine rings is 1. The summed E-state index contributed by atoms with van der Waals surface area (Å²) in [6, 6.07) is 19.8. The number of likely N-dealkylation sites (tertiary alicyclic amines) is 1. The highest BCUT2D eigenvalue weighted by Crippen LogP contribution is 2.35. The summed E-state index contributed by atoms with van der Waals surface area (Å²) in [6.07, 6.45) is 5.31. The number of amides is 1. The predicted octanol–water partition coefficient (Wildman–Crippen LogP) is 3.68. The third kappa shape index (κ3) is 4.97. The van der Waals surface area contributed by atoms with Gasteiger partial charge in [0.1, 0.15) is 17.8 Å². The number of rotatable bonds is 7. The molecular weight excluding hydrogens is 400 g/mol. The van der Waals surface area contributed by atoms with E-state index >= 15 is 0 Å². The summed E-state index contributed by atoms with van der Waals surface area (Å²) < 4.78 is 5.95. The molecule has 1 atom stereocenters. The van der Waals surface area contributed by atoms with Crippen LogP contribution in [0, 0.1) is 0 Å². The van der Waals surface area contributed by atoms with E-state index in [0.29, 0.717) is 13.2 Å². The molecule has 1 aliphatic heterocycles. The van der Waals surface area contributed by atoms with E-state index in [1.165, 1.54) is 0 Å².